The molecular weight excluding hydrogens is 479 g/mol. The van der Waals surface area contributed by atoms with E-state index in [1.807, 2.05) is 0 Å². The fourth-order valence-electron chi connectivity index (χ4n) is 3.84. The number of ether oxygens (including phenoxy) is 1. The second kappa shape index (κ2) is 20.2. The van der Waals surface area contributed by atoms with Crippen LogP contribution in [0.4, 0.5) is 0 Å². The molecule has 5 nitrogen and oxygen atoms in total. The Kier molecular flexibility index (Phi) is 18.2. The van der Waals surface area contributed by atoms with Crippen LogP contribution in [-0.2, 0) is 11.3 Å². The van der Waals surface area contributed by atoms with Gasteiger partial charge in [-0.1, -0.05) is 26.2 Å². The average Bonchev–Trinajstić information content (AvgIpc) is 2.82. The Labute approximate surface area is 208 Å². The summed E-state index contributed by atoms with van der Waals surface area (Å²) in [6, 6.07) is 4.62. The molecule has 0 saturated heterocycles. The number of benzene rings is 1. The van der Waals surface area contributed by atoms with Crippen molar-refractivity contribution in [2.75, 3.05) is 7.11 Å². The van der Waals surface area contributed by atoms with Crippen LogP contribution >= 0.6 is 0 Å². The van der Waals surface area contributed by atoms with Gasteiger partial charge in [0.15, 0.2) is 0 Å². The monoisotopic (exact) mass is 528 g/mol. The van der Waals surface area contributed by atoms with Crippen molar-refractivity contribution in [1.29, 1.82) is 0 Å². The van der Waals surface area contributed by atoms with E-state index in [1.165, 1.54) is 102 Å². The number of methoxy groups -OCH3 is 1. The number of aromatic hydroxyl groups is 1. The van der Waals surface area contributed by atoms with E-state index in [9.17, 15) is 9.90 Å². The maximum atomic E-state index is 12.2. The Bertz CT molecular complexity index is 627. The Balaban J connectivity index is 1.92. The molecule has 0 aliphatic rings. The molecule has 0 aliphatic heterocycles. The van der Waals surface area contributed by atoms with E-state index in [0.717, 1.165) is 10.9 Å². The summed E-state index contributed by atoms with van der Waals surface area (Å²) in [4.78, 5) is 12.2. The van der Waals surface area contributed by atoms with Gasteiger partial charge in [-0.2, -0.15) is 0 Å². The van der Waals surface area contributed by atoms with E-state index in [4.69, 9.17) is 10.5 Å². The molecule has 4 N–H and O–H groups in total. The van der Waals surface area contributed by atoms with Crippen LogP contribution in [0.3, 0.4) is 0 Å². The van der Waals surface area contributed by atoms with Crippen LogP contribution in [0, 0.1) is 0 Å². The molecule has 0 unspecified atom stereocenters. The number of unbranched alkanes of at least 4 members (excludes halogenated alkanes) is 13. The predicted molar refractivity (Wildman–Crippen MR) is 140 cm³/mol. The van der Waals surface area contributed by atoms with Crippen LogP contribution in [0.1, 0.15) is 102 Å². The number of hydrogen-bond donors (Lipinski definition) is 3. The molecule has 0 fully saturated rings. The zero-order valence-electron chi connectivity index (χ0n) is 21.1. The number of amides is 1. The molecule has 1 rings (SSSR count). The van der Waals surface area contributed by atoms with Crippen LogP contribution in [-0.4, -0.2) is 39.1 Å². The summed E-state index contributed by atoms with van der Waals surface area (Å²) >= 11 is 0.426. The summed E-state index contributed by atoms with van der Waals surface area (Å²) in [5, 5.41) is 14.5. The summed E-state index contributed by atoms with van der Waals surface area (Å²) in [5.41, 5.74) is 6.93. The van der Waals surface area contributed by atoms with E-state index < -0.39 is 6.04 Å². The van der Waals surface area contributed by atoms with Crippen molar-refractivity contribution in [2.24, 2.45) is 5.73 Å². The van der Waals surface area contributed by atoms with Crippen molar-refractivity contribution in [1.82, 2.24) is 5.32 Å². The van der Waals surface area contributed by atoms with Gasteiger partial charge in [0.1, 0.15) is 0 Å². The topological polar surface area (TPSA) is 84.6 Å². The predicted octanol–water partition coefficient (Wildman–Crippen LogP) is 6.37. The molecule has 1 amide bonds. The number of phenols is 1. The molecule has 6 heteroatoms. The van der Waals surface area contributed by atoms with Crippen molar-refractivity contribution in [3.05, 3.63) is 23.8 Å². The molecule has 0 spiro atoms. The van der Waals surface area contributed by atoms with Crippen LogP contribution in [0.15, 0.2) is 18.2 Å². The van der Waals surface area contributed by atoms with Crippen LogP contribution in [0.25, 0.3) is 0 Å². The maximum absolute atomic E-state index is 12.2. The molecule has 0 heterocycles. The summed E-state index contributed by atoms with van der Waals surface area (Å²) < 4.78 is 5.10. The number of hydrogen-bond acceptors (Lipinski definition) is 4. The molecule has 1 aromatic carbocycles. The third kappa shape index (κ3) is 15.3. The van der Waals surface area contributed by atoms with Crippen molar-refractivity contribution < 1.29 is 14.6 Å². The summed E-state index contributed by atoms with van der Waals surface area (Å²) in [7, 11) is 1.51. The van der Waals surface area contributed by atoms with E-state index in [1.54, 1.807) is 18.2 Å². The van der Waals surface area contributed by atoms with Gasteiger partial charge in [-0.15, -0.1) is 0 Å². The number of carbonyl (C=O) groups excluding carboxylic acids is 1. The van der Waals surface area contributed by atoms with E-state index in [0.29, 0.717) is 27.3 Å². The van der Waals surface area contributed by atoms with Crippen LogP contribution < -0.4 is 15.8 Å². The average molecular weight is 528 g/mol. The number of rotatable bonds is 21. The van der Waals surface area contributed by atoms with Crippen molar-refractivity contribution in [2.45, 2.75) is 120 Å². The molecule has 0 saturated carbocycles. The Morgan fingerprint density at radius 1 is 0.970 bits per heavy atom. The second-order valence-electron chi connectivity index (χ2n) is 9.00. The van der Waals surface area contributed by atoms with E-state index in [-0.39, 0.29) is 11.7 Å². The number of carbonyl (C=O) groups is 1. The number of phenolic OH excluding ortho intramolecular Hbond substituents is 1. The molecule has 0 aromatic heterocycles. The van der Waals surface area contributed by atoms with Crippen molar-refractivity contribution >= 4 is 20.9 Å². The van der Waals surface area contributed by atoms with Gasteiger partial charge in [0.25, 0.3) is 0 Å². The Hall–Kier alpha value is -1.23. The van der Waals surface area contributed by atoms with Gasteiger partial charge in [-0.05, 0) is 0 Å². The first-order chi connectivity index (χ1) is 16.1. The van der Waals surface area contributed by atoms with Crippen molar-refractivity contribution in [3.63, 3.8) is 0 Å². The first-order valence-electron chi connectivity index (χ1n) is 13.0. The normalized spacial score (nSPS) is 12.0. The van der Waals surface area contributed by atoms with Crippen LogP contribution in [0.2, 0.25) is 10.6 Å². The molecular formula is C27H48N2O3Se. The summed E-state index contributed by atoms with van der Waals surface area (Å²) in [5.74, 6) is 0.392. The Morgan fingerprint density at radius 3 is 2.06 bits per heavy atom. The molecule has 33 heavy (non-hydrogen) atoms. The second-order valence-corrected chi connectivity index (χ2v) is 11.4. The summed E-state index contributed by atoms with van der Waals surface area (Å²) in [6.07, 6.45) is 19.4. The van der Waals surface area contributed by atoms with Crippen molar-refractivity contribution in [3.8, 4) is 11.5 Å². The van der Waals surface area contributed by atoms with Gasteiger partial charge in [0.05, 0.1) is 0 Å². The minimum absolute atomic E-state index is 0.0930. The minimum atomic E-state index is -0.435. The molecule has 1 atom stereocenters. The fourth-order valence-corrected chi connectivity index (χ4v) is 5.89. The standard InChI is InChI=1S/C27H48N2O3Se/c1-3-4-5-6-7-8-9-10-11-12-13-14-15-16-19-33-22-24(28)27(31)29-21-23-17-18-25(30)26(20-23)32-2/h17-18,20,24,30H,3-16,19,21-22,28H2,1-2H3,(H,29,31)/t24-/m0/s1. The van der Waals surface area contributed by atoms with Crippen LogP contribution in [0.5, 0.6) is 11.5 Å². The van der Waals surface area contributed by atoms with Gasteiger partial charge in [0.2, 0.25) is 0 Å². The molecule has 0 radical (unpaired) electrons. The third-order valence-corrected chi connectivity index (χ3v) is 8.45. The molecule has 0 bridgehead atoms. The first-order valence-corrected chi connectivity index (χ1v) is 15.5. The van der Waals surface area contributed by atoms with Gasteiger partial charge in [-0.25, -0.2) is 0 Å². The number of nitrogens with one attached hydrogen (secondary N) is 1. The fraction of sp³-hybridized carbons (Fsp3) is 0.741. The third-order valence-electron chi connectivity index (χ3n) is 5.99. The molecule has 190 valence electrons. The number of nitrogens with two attached hydrogens (primary N) is 1. The summed E-state index contributed by atoms with van der Waals surface area (Å²) in [6.45, 7) is 2.66. The first kappa shape index (κ1) is 29.8. The SMILES string of the molecule is CCCCCCCCCCCCCCCC[Se]C[C@H](N)C(=O)NCc1ccc(O)c(OC)c1. The van der Waals surface area contributed by atoms with Gasteiger partial charge < -0.3 is 0 Å². The Morgan fingerprint density at radius 2 is 1.52 bits per heavy atom. The zero-order valence-corrected chi connectivity index (χ0v) is 22.8. The molecule has 1 aromatic rings. The quantitative estimate of drug-likeness (QED) is 0.128. The van der Waals surface area contributed by atoms with Gasteiger partial charge >= 0.3 is 183 Å². The van der Waals surface area contributed by atoms with E-state index in [2.05, 4.69) is 12.2 Å². The van der Waals surface area contributed by atoms with Gasteiger partial charge in [-0.3, -0.25) is 0 Å². The molecule has 0 aliphatic carbocycles. The zero-order chi connectivity index (χ0) is 24.2. The van der Waals surface area contributed by atoms with Gasteiger partial charge in [0, 0.05) is 0 Å². The van der Waals surface area contributed by atoms with E-state index >= 15 is 0 Å².